The summed E-state index contributed by atoms with van der Waals surface area (Å²) in [6.45, 7) is 1.84. The number of aryl methyl sites for hydroxylation is 1. The van der Waals surface area contributed by atoms with E-state index in [1.165, 1.54) is 6.20 Å². The quantitative estimate of drug-likeness (QED) is 0.439. The fourth-order valence-electron chi connectivity index (χ4n) is 3.89. The minimum atomic E-state index is -1.47. The van der Waals surface area contributed by atoms with Crippen molar-refractivity contribution in [1.29, 1.82) is 0 Å². The molecular weight excluding hydrogens is 456 g/mol. The second kappa shape index (κ2) is 8.24. The Morgan fingerprint density at radius 2 is 2.03 bits per heavy atom. The Morgan fingerprint density at radius 1 is 1.23 bits per heavy atom. The number of rotatable bonds is 5. The molecule has 5 rings (SSSR count). The zero-order valence-corrected chi connectivity index (χ0v) is 18.8. The number of carbonyl (C=O) groups is 3. The minimum absolute atomic E-state index is 0.00260. The number of pyridine rings is 1. The van der Waals surface area contributed by atoms with Gasteiger partial charge in [-0.15, -0.1) is 0 Å². The Labute approximate surface area is 198 Å². The van der Waals surface area contributed by atoms with Crippen LogP contribution in [0.15, 0.2) is 53.3 Å². The first-order chi connectivity index (χ1) is 16.8. The smallest absolute Gasteiger partial charge is 0.420 e. The summed E-state index contributed by atoms with van der Waals surface area (Å²) in [6.07, 6.45) is 1.43. The normalized spacial score (nSPS) is 13.9. The summed E-state index contributed by atoms with van der Waals surface area (Å²) in [6, 6.07) is 10.7. The Hall–Kier alpha value is -4.74. The number of imide groups is 1. The lowest BCUT2D eigenvalue weighted by Gasteiger charge is -2.22. The number of aromatic nitrogens is 4. The van der Waals surface area contributed by atoms with E-state index >= 15 is 0 Å². The van der Waals surface area contributed by atoms with Crippen molar-refractivity contribution < 1.29 is 28.8 Å². The van der Waals surface area contributed by atoms with Gasteiger partial charge in [0.15, 0.2) is 0 Å². The Bertz CT molecular complexity index is 1470. The number of anilines is 1. The molecule has 0 unspecified atom stereocenters. The van der Waals surface area contributed by atoms with Gasteiger partial charge < -0.3 is 19.7 Å². The average molecular weight is 476 g/mol. The van der Waals surface area contributed by atoms with Gasteiger partial charge in [-0.1, -0.05) is 23.4 Å². The molecule has 1 aliphatic carbocycles. The van der Waals surface area contributed by atoms with E-state index in [0.717, 1.165) is 12.7 Å². The standard InChI is InChI=1S/C23H20N6O6/c1-13-6-7-14(11-15(13)25-19(30)16-12-24-17-5-3-4-10-28(16)17)18-26-20(35-27-18)23(8-9-23)29(21(31)32)22(33)34-2/h3-7,10-12H,8-9H2,1-2H3,(H,25,30)(H,31,32). The highest BCUT2D eigenvalue weighted by atomic mass is 16.6. The van der Waals surface area contributed by atoms with Crippen molar-refractivity contribution >= 4 is 29.4 Å². The number of carboxylic acid groups (broad SMARTS) is 1. The third kappa shape index (κ3) is 3.74. The number of hydrogen-bond acceptors (Lipinski definition) is 8. The number of hydrogen-bond donors (Lipinski definition) is 2. The number of amides is 3. The van der Waals surface area contributed by atoms with E-state index in [4.69, 9.17) is 4.52 Å². The van der Waals surface area contributed by atoms with Crippen LogP contribution in [0.25, 0.3) is 17.0 Å². The molecule has 12 nitrogen and oxygen atoms in total. The highest BCUT2D eigenvalue weighted by molar-refractivity contribution is 6.04. The van der Waals surface area contributed by atoms with Crippen molar-refractivity contribution in [3.05, 3.63) is 65.9 Å². The highest BCUT2D eigenvalue weighted by Crippen LogP contribution is 2.51. The van der Waals surface area contributed by atoms with E-state index in [0.29, 0.717) is 40.3 Å². The molecule has 0 radical (unpaired) electrons. The van der Waals surface area contributed by atoms with Crippen molar-refractivity contribution in [1.82, 2.24) is 24.4 Å². The topological polar surface area (TPSA) is 152 Å². The summed E-state index contributed by atoms with van der Waals surface area (Å²) in [7, 11) is 1.10. The van der Waals surface area contributed by atoms with Gasteiger partial charge >= 0.3 is 12.2 Å². The molecule has 3 amide bonds. The van der Waals surface area contributed by atoms with Gasteiger partial charge in [-0.2, -0.15) is 9.88 Å². The minimum Gasteiger partial charge on any atom is -0.464 e. The van der Waals surface area contributed by atoms with Gasteiger partial charge in [-0.25, -0.2) is 14.6 Å². The summed E-state index contributed by atoms with van der Waals surface area (Å²) in [5, 5.41) is 16.4. The van der Waals surface area contributed by atoms with E-state index in [-0.39, 0.29) is 17.6 Å². The third-order valence-electron chi connectivity index (χ3n) is 5.92. The third-order valence-corrected chi connectivity index (χ3v) is 5.92. The van der Waals surface area contributed by atoms with E-state index in [2.05, 4.69) is 25.2 Å². The van der Waals surface area contributed by atoms with Crippen LogP contribution >= 0.6 is 0 Å². The number of benzene rings is 1. The van der Waals surface area contributed by atoms with E-state index < -0.39 is 17.7 Å². The van der Waals surface area contributed by atoms with Gasteiger partial charge in [-0.3, -0.25) is 9.20 Å². The number of nitrogens with zero attached hydrogens (tertiary/aromatic N) is 5. The Morgan fingerprint density at radius 3 is 2.74 bits per heavy atom. The van der Waals surface area contributed by atoms with Gasteiger partial charge in [0.05, 0.1) is 13.3 Å². The van der Waals surface area contributed by atoms with Gasteiger partial charge in [0, 0.05) is 17.4 Å². The molecule has 4 aromatic rings. The number of methoxy groups -OCH3 is 1. The maximum Gasteiger partial charge on any atom is 0.420 e. The van der Waals surface area contributed by atoms with Gasteiger partial charge in [0.1, 0.15) is 16.9 Å². The van der Waals surface area contributed by atoms with Crippen LogP contribution < -0.4 is 5.32 Å². The fourth-order valence-corrected chi connectivity index (χ4v) is 3.89. The van der Waals surface area contributed by atoms with Crippen LogP contribution in [0.1, 0.15) is 34.8 Å². The number of imidazole rings is 1. The number of nitrogens with one attached hydrogen (secondary N) is 1. The van der Waals surface area contributed by atoms with Crippen LogP contribution in [0.4, 0.5) is 15.3 Å². The summed E-state index contributed by atoms with van der Waals surface area (Å²) >= 11 is 0. The largest absolute Gasteiger partial charge is 0.464 e. The molecule has 1 aliphatic rings. The predicted molar refractivity (Wildman–Crippen MR) is 121 cm³/mol. The molecule has 12 heteroatoms. The highest BCUT2D eigenvalue weighted by Gasteiger charge is 2.59. The van der Waals surface area contributed by atoms with E-state index in [1.54, 1.807) is 34.9 Å². The van der Waals surface area contributed by atoms with Gasteiger partial charge in [0.2, 0.25) is 5.82 Å². The maximum atomic E-state index is 12.9. The lowest BCUT2D eigenvalue weighted by Crippen LogP contribution is -2.44. The number of ether oxygens (including phenoxy) is 1. The molecule has 2 N–H and O–H groups in total. The van der Waals surface area contributed by atoms with E-state index in [1.807, 2.05) is 19.1 Å². The lowest BCUT2D eigenvalue weighted by atomic mass is 10.1. The van der Waals surface area contributed by atoms with Gasteiger partial charge in [0.25, 0.3) is 11.8 Å². The molecule has 0 atom stereocenters. The molecule has 3 aromatic heterocycles. The van der Waals surface area contributed by atoms with Crippen LogP contribution in [0.2, 0.25) is 0 Å². The van der Waals surface area contributed by atoms with Crippen molar-refractivity contribution in [3.8, 4) is 11.4 Å². The zero-order valence-electron chi connectivity index (χ0n) is 18.8. The average Bonchev–Trinajstić information content (AvgIpc) is 3.28. The lowest BCUT2D eigenvalue weighted by molar-refractivity contribution is 0.0787. The van der Waals surface area contributed by atoms with E-state index in [9.17, 15) is 19.5 Å². The summed E-state index contributed by atoms with van der Waals surface area (Å²) in [5.41, 5.74) is 1.65. The fraction of sp³-hybridized carbons (Fsp3) is 0.217. The number of carbonyl (C=O) groups excluding carboxylic acids is 2. The second-order valence-corrected chi connectivity index (χ2v) is 8.10. The number of fused-ring (bicyclic) bond motifs is 1. The van der Waals surface area contributed by atoms with Crippen molar-refractivity contribution in [2.45, 2.75) is 25.3 Å². The molecule has 0 saturated heterocycles. The molecule has 3 heterocycles. The van der Waals surface area contributed by atoms with Crippen molar-refractivity contribution in [2.24, 2.45) is 0 Å². The maximum absolute atomic E-state index is 12.9. The SMILES string of the molecule is COC(=O)N(C(=O)O)C1(c2nc(-c3ccc(C)c(NC(=O)c4cnc5ccccn45)c3)no2)CC1. The first kappa shape index (κ1) is 22.1. The molecule has 1 aromatic carbocycles. The molecule has 0 aliphatic heterocycles. The molecule has 178 valence electrons. The summed E-state index contributed by atoms with van der Waals surface area (Å²) in [4.78, 5) is 45.8. The molecular formula is C23H20N6O6. The summed E-state index contributed by atoms with van der Waals surface area (Å²) < 4.78 is 11.6. The molecule has 1 fully saturated rings. The first-order valence-corrected chi connectivity index (χ1v) is 10.6. The first-order valence-electron chi connectivity index (χ1n) is 10.6. The molecule has 0 spiro atoms. The van der Waals surface area contributed by atoms with Crippen LogP contribution in [0.5, 0.6) is 0 Å². The second-order valence-electron chi connectivity index (χ2n) is 8.10. The monoisotopic (exact) mass is 476 g/mol. The Balaban J connectivity index is 1.42. The van der Waals surface area contributed by atoms with Gasteiger partial charge in [-0.05, 0) is 43.5 Å². The molecule has 0 bridgehead atoms. The summed E-state index contributed by atoms with van der Waals surface area (Å²) in [5.74, 6) is -0.158. The van der Waals surface area contributed by atoms with Crippen LogP contribution in [-0.2, 0) is 10.3 Å². The van der Waals surface area contributed by atoms with Crippen molar-refractivity contribution in [3.63, 3.8) is 0 Å². The predicted octanol–water partition coefficient (Wildman–Crippen LogP) is 3.68. The zero-order chi connectivity index (χ0) is 24.7. The van der Waals surface area contributed by atoms with Crippen LogP contribution in [0.3, 0.4) is 0 Å². The Kier molecular flexibility index (Phi) is 5.20. The molecule has 1 saturated carbocycles. The van der Waals surface area contributed by atoms with Crippen LogP contribution in [-0.4, -0.2) is 54.7 Å². The van der Waals surface area contributed by atoms with Crippen molar-refractivity contribution in [2.75, 3.05) is 12.4 Å². The van der Waals surface area contributed by atoms with Crippen LogP contribution in [0, 0.1) is 6.92 Å². The molecule has 35 heavy (non-hydrogen) atoms.